The number of aryl methyl sites for hydroxylation is 1. The predicted octanol–water partition coefficient (Wildman–Crippen LogP) is 2.52. The number of carbonyl (C=O) groups excluding carboxylic acids is 1. The number of likely N-dealkylation sites (tertiary alicyclic amines) is 1. The van der Waals surface area contributed by atoms with Gasteiger partial charge in [-0.3, -0.25) is 9.78 Å². The largest absolute Gasteiger partial charge is 0.390 e. The molecule has 0 unspecified atom stereocenters. The van der Waals surface area contributed by atoms with Crippen LogP contribution >= 0.6 is 0 Å². The van der Waals surface area contributed by atoms with Crippen molar-refractivity contribution in [1.29, 1.82) is 0 Å². The van der Waals surface area contributed by atoms with E-state index in [2.05, 4.69) is 34.9 Å². The van der Waals surface area contributed by atoms with Gasteiger partial charge >= 0.3 is 0 Å². The second-order valence-corrected chi connectivity index (χ2v) is 9.44. The highest BCUT2D eigenvalue weighted by Gasteiger charge is 2.55. The van der Waals surface area contributed by atoms with Crippen LogP contribution in [0.3, 0.4) is 0 Å². The number of pyridine rings is 1. The Kier molecular flexibility index (Phi) is 3.34. The van der Waals surface area contributed by atoms with Crippen LogP contribution in [0.25, 0.3) is 10.9 Å². The van der Waals surface area contributed by atoms with Gasteiger partial charge in [0, 0.05) is 54.9 Å². The standard InChI is InChI=1S/C21H27N3O2/c1-20(26)9-16(10-20)19(25)24-12-21(13-24)7-14(8-21)5-17-6-18-15(11-22-17)3-4-23(18)2/h3-4,6,11,14,16,26H,5,7-10,12-13H2,1-2H3. The molecule has 0 atom stereocenters. The number of rotatable bonds is 3. The molecule has 1 N–H and O–H groups in total. The van der Waals surface area contributed by atoms with Gasteiger partial charge in [-0.2, -0.15) is 0 Å². The zero-order valence-corrected chi connectivity index (χ0v) is 15.6. The third-order valence-electron chi connectivity index (χ3n) is 6.85. The van der Waals surface area contributed by atoms with E-state index in [1.54, 1.807) is 0 Å². The summed E-state index contributed by atoms with van der Waals surface area (Å²) in [6.07, 6.45) is 8.79. The molecule has 3 fully saturated rings. The van der Waals surface area contributed by atoms with E-state index in [9.17, 15) is 9.90 Å². The van der Waals surface area contributed by atoms with Crippen LogP contribution < -0.4 is 0 Å². The van der Waals surface area contributed by atoms with Gasteiger partial charge in [0.15, 0.2) is 0 Å². The predicted molar refractivity (Wildman–Crippen MR) is 99.5 cm³/mol. The molecular formula is C21H27N3O2. The van der Waals surface area contributed by atoms with Crippen molar-refractivity contribution in [3.05, 3.63) is 30.2 Å². The summed E-state index contributed by atoms with van der Waals surface area (Å²) in [5.41, 5.74) is 2.20. The molecule has 0 aromatic carbocycles. The topological polar surface area (TPSA) is 58.4 Å². The van der Waals surface area contributed by atoms with Crippen LogP contribution in [0, 0.1) is 17.3 Å². The minimum Gasteiger partial charge on any atom is -0.390 e. The molecule has 5 nitrogen and oxygen atoms in total. The molecule has 2 aromatic heterocycles. The summed E-state index contributed by atoms with van der Waals surface area (Å²) < 4.78 is 2.15. The molecule has 0 radical (unpaired) electrons. The number of hydrogen-bond donors (Lipinski definition) is 1. The molecule has 1 aliphatic heterocycles. The van der Waals surface area contributed by atoms with Gasteiger partial charge in [-0.15, -0.1) is 0 Å². The van der Waals surface area contributed by atoms with Crippen LogP contribution in [0.5, 0.6) is 0 Å². The molecule has 0 bridgehead atoms. The van der Waals surface area contributed by atoms with E-state index in [1.807, 2.05) is 18.0 Å². The van der Waals surface area contributed by atoms with Crippen molar-refractivity contribution in [2.45, 2.75) is 44.6 Å². The van der Waals surface area contributed by atoms with Gasteiger partial charge in [0.05, 0.1) is 11.1 Å². The van der Waals surface area contributed by atoms with E-state index >= 15 is 0 Å². The highest BCUT2D eigenvalue weighted by molar-refractivity contribution is 5.81. The van der Waals surface area contributed by atoms with E-state index in [1.165, 1.54) is 29.4 Å². The molecule has 2 saturated carbocycles. The normalized spacial score (nSPS) is 30.1. The highest BCUT2D eigenvalue weighted by Crippen LogP contribution is 2.53. The number of fused-ring (bicyclic) bond motifs is 1. The van der Waals surface area contributed by atoms with E-state index in [-0.39, 0.29) is 11.8 Å². The van der Waals surface area contributed by atoms with E-state index in [4.69, 9.17) is 0 Å². The molecule has 26 heavy (non-hydrogen) atoms. The fourth-order valence-corrected chi connectivity index (χ4v) is 5.53. The molecule has 5 heteroatoms. The molecule has 138 valence electrons. The monoisotopic (exact) mass is 353 g/mol. The molecule has 5 rings (SSSR count). The number of aliphatic hydroxyl groups is 1. The maximum Gasteiger partial charge on any atom is 0.225 e. The first-order chi connectivity index (χ1) is 12.3. The Morgan fingerprint density at radius 3 is 2.73 bits per heavy atom. The van der Waals surface area contributed by atoms with Crippen molar-refractivity contribution in [3.63, 3.8) is 0 Å². The van der Waals surface area contributed by atoms with Crippen LogP contribution in [-0.2, 0) is 18.3 Å². The summed E-state index contributed by atoms with van der Waals surface area (Å²) in [6.45, 7) is 3.67. The van der Waals surface area contributed by atoms with Gasteiger partial charge in [-0.05, 0) is 57.1 Å². The number of hydrogen-bond acceptors (Lipinski definition) is 3. The van der Waals surface area contributed by atoms with Gasteiger partial charge in [-0.1, -0.05) is 0 Å². The van der Waals surface area contributed by atoms with Crippen molar-refractivity contribution in [1.82, 2.24) is 14.5 Å². The highest BCUT2D eigenvalue weighted by atomic mass is 16.3. The first kappa shape index (κ1) is 16.3. The summed E-state index contributed by atoms with van der Waals surface area (Å²) >= 11 is 0. The zero-order valence-electron chi connectivity index (χ0n) is 15.6. The lowest BCUT2D eigenvalue weighted by Gasteiger charge is -2.60. The minimum absolute atomic E-state index is 0.0550. The van der Waals surface area contributed by atoms with Gasteiger partial charge in [-0.25, -0.2) is 0 Å². The average molecular weight is 353 g/mol. The molecule has 2 aromatic rings. The maximum absolute atomic E-state index is 12.4. The Morgan fingerprint density at radius 2 is 2.04 bits per heavy atom. The molecule has 3 aliphatic rings. The third-order valence-corrected chi connectivity index (χ3v) is 6.85. The number of amides is 1. The van der Waals surface area contributed by atoms with Crippen molar-refractivity contribution in [3.8, 4) is 0 Å². The fraction of sp³-hybridized carbons (Fsp3) is 0.619. The van der Waals surface area contributed by atoms with E-state index in [0.29, 0.717) is 24.2 Å². The van der Waals surface area contributed by atoms with Gasteiger partial charge in [0.25, 0.3) is 0 Å². The zero-order chi connectivity index (χ0) is 18.1. The maximum atomic E-state index is 12.4. The first-order valence-corrected chi connectivity index (χ1v) is 9.74. The first-order valence-electron chi connectivity index (χ1n) is 9.74. The van der Waals surface area contributed by atoms with Crippen LogP contribution in [0.2, 0.25) is 0 Å². The van der Waals surface area contributed by atoms with Gasteiger partial charge < -0.3 is 14.6 Å². The summed E-state index contributed by atoms with van der Waals surface area (Å²) in [7, 11) is 2.08. The number of carbonyl (C=O) groups is 1. The average Bonchev–Trinajstić information content (AvgIpc) is 2.86. The smallest absolute Gasteiger partial charge is 0.225 e. The van der Waals surface area contributed by atoms with Gasteiger partial charge in [0.2, 0.25) is 5.91 Å². The lowest BCUT2D eigenvalue weighted by molar-refractivity contribution is -0.171. The SMILES string of the molecule is Cn1ccc2cnc(CC3CC4(C3)CN(C(=O)C3CC(C)(O)C3)C4)cc21. The molecule has 1 amide bonds. The molecule has 2 aliphatic carbocycles. The number of aromatic nitrogens is 2. The van der Waals surface area contributed by atoms with Crippen molar-refractivity contribution in [2.75, 3.05) is 13.1 Å². The summed E-state index contributed by atoms with van der Waals surface area (Å²) in [4.78, 5) is 19.1. The Labute approximate surface area is 154 Å². The molecule has 1 spiro atoms. The van der Waals surface area contributed by atoms with E-state index in [0.717, 1.165) is 19.5 Å². The Hall–Kier alpha value is -1.88. The third kappa shape index (κ3) is 2.56. The Morgan fingerprint density at radius 1 is 1.31 bits per heavy atom. The summed E-state index contributed by atoms with van der Waals surface area (Å²) in [5, 5.41) is 11.0. The lowest BCUT2D eigenvalue weighted by atomic mass is 9.56. The Balaban J connectivity index is 1.13. The molecule has 1 saturated heterocycles. The van der Waals surface area contributed by atoms with Crippen LogP contribution in [-0.4, -0.2) is 44.2 Å². The van der Waals surface area contributed by atoms with Crippen molar-refractivity contribution in [2.24, 2.45) is 24.3 Å². The van der Waals surface area contributed by atoms with Crippen LogP contribution in [0.1, 0.15) is 38.3 Å². The van der Waals surface area contributed by atoms with E-state index < -0.39 is 5.60 Å². The summed E-state index contributed by atoms with van der Waals surface area (Å²) in [6, 6.07) is 4.32. The fourth-order valence-electron chi connectivity index (χ4n) is 5.53. The summed E-state index contributed by atoms with van der Waals surface area (Å²) in [5.74, 6) is 1.02. The second-order valence-electron chi connectivity index (χ2n) is 9.44. The van der Waals surface area contributed by atoms with Crippen molar-refractivity contribution < 1.29 is 9.90 Å². The van der Waals surface area contributed by atoms with Crippen LogP contribution in [0.15, 0.2) is 24.5 Å². The van der Waals surface area contributed by atoms with Crippen molar-refractivity contribution >= 4 is 16.8 Å². The second kappa shape index (κ2) is 5.32. The number of nitrogens with zero attached hydrogens (tertiary/aromatic N) is 3. The molecule has 3 heterocycles. The minimum atomic E-state index is -0.614. The molecular weight excluding hydrogens is 326 g/mol. The van der Waals surface area contributed by atoms with Crippen LogP contribution in [0.4, 0.5) is 0 Å². The lowest BCUT2D eigenvalue weighted by Crippen LogP contribution is -2.66. The quantitative estimate of drug-likeness (QED) is 0.922. The Bertz CT molecular complexity index is 863. The van der Waals surface area contributed by atoms with Gasteiger partial charge in [0.1, 0.15) is 0 Å².